The molecule has 3 rings (SSSR count). The van der Waals surface area contributed by atoms with Gasteiger partial charge >= 0.3 is 6.18 Å². The molecule has 0 aliphatic heterocycles. The van der Waals surface area contributed by atoms with Gasteiger partial charge in [-0.05, 0) is 50.6 Å². The van der Waals surface area contributed by atoms with Crippen LogP contribution >= 0.6 is 0 Å². The summed E-state index contributed by atoms with van der Waals surface area (Å²) in [4.78, 5) is 12.7. The third-order valence-corrected chi connectivity index (χ3v) is 4.32. The number of nitrogens with one attached hydrogen (secondary N) is 1. The smallest absolute Gasteiger partial charge is 0.322 e. The maximum atomic E-state index is 13.1. The second kappa shape index (κ2) is 6.90. The molecule has 0 radical (unpaired) electrons. The summed E-state index contributed by atoms with van der Waals surface area (Å²) in [6.45, 7) is 4.82. The maximum Gasteiger partial charge on any atom is 0.416 e. The van der Waals surface area contributed by atoms with Gasteiger partial charge in [-0.25, -0.2) is 4.68 Å². The van der Waals surface area contributed by atoms with E-state index in [-0.39, 0.29) is 11.3 Å². The molecule has 7 heteroatoms. The molecule has 1 heterocycles. The first-order valence-corrected chi connectivity index (χ1v) is 8.29. The Morgan fingerprint density at radius 3 is 2.33 bits per heavy atom. The number of hydrogen-bond acceptors (Lipinski definition) is 2. The molecule has 1 N–H and O–H groups in total. The van der Waals surface area contributed by atoms with Gasteiger partial charge in [0.05, 0.1) is 28.2 Å². The van der Waals surface area contributed by atoms with Gasteiger partial charge in [-0.15, -0.1) is 0 Å². The highest BCUT2D eigenvalue weighted by Crippen LogP contribution is 2.33. The number of aryl methyl sites for hydroxylation is 2. The molecule has 1 amide bonds. The van der Waals surface area contributed by atoms with Crippen molar-refractivity contribution in [2.75, 3.05) is 5.32 Å². The maximum absolute atomic E-state index is 13.1. The van der Waals surface area contributed by atoms with Crippen LogP contribution in [0.4, 0.5) is 18.9 Å². The molecule has 0 saturated heterocycles. The van der Waals surface area contributed by atoms with E-state index in [0.717, 1.165) is 11.8 Å². The number of carbonyl (C=O) groups is 1. The molecule has 3 aromatic rings. The number of alkyl halides is 3. The number of nitrogens with zero attached hydrogens (tertiary/aromatic N) is 2. The second-order valence-electron chi connectivity index (χ2n) is 6.27. The highest BCUT2D eigenvalue weighted by molar-refractivity contribution is 6.06. The predicted molar refractivity (Wildman–Crippen MR) is 97.2 cm³/mol. The lowest BCUT2D eigenvalue weighted by Gasteiger charge is -2.13. The summed E-state index contributed by atoms with van der Waals surface area (Å²) in [5.74, 6) is -0.496. The van der Waals surface area contributed by atoms with Crippen LogP contribution in [-0.2, 0) is 6.18 Å². The number of benzene rings is 2. The van der Waals surface area contributed by atoms with Gasteiger partial charge in [0.2, 0.25) is 0 Å². The quantitative estimate of drug-likeness (QED) is 0.697. The molecule has 4 nitrogen and oxygen atoms in total. The Hall–Kier alpha value is -3.09. The van der Waals surface area contributed by atoms with Crippen LogP contribution in [0.5, 0.6) is 0 Å². The Balaban J connectivity index is 1.93. The zero-order valence-corrected chi connectivity index (χ0v) is 15.1. The summed E-state index contributed by atoms with van der Waals surface area (Å²) in [6, 6.07) is 13.0. The van der Waals surface area contributed by atoms with Gasteiger partial charge in [-0.3, -0.25) is 4.79 Å². The average molecular weight is 373 g/mol. The van der Waals surface area contributed by atoms with Crippen molar-refractivity contribution in [2.24, 2.45) is 0 Å². The summed E-state index contributed by atoms with van der Waals surface area (Å²) in [5, 5.41) is 6.94. The molecule has 2 aromatic carbocycles. The molecular weight excluding hydrogens is 355 g/mol. The van der Waals surface area contributed by atoms with E-state index in [4.69, 9.17) is 0 Å². The van der Waals surface area contributed by atoms with Crippen LogP contribution in [-0.4, -0.2) is 15.7 Å². The minimum atomic E-state index is -4.48. The van der Waals surface area contributed by atoms with E-state index in [1.54, 1.807) is 18.5 Å². The molecule has 0 spiro atoms. The van der Waals surface area contributed by atoms with Crippen molar-refractivity contribution >= 4 is 11.6 Å². The normalized spacial score (nSPS) is 11.5. The van der Waals surface area contributed by atoms with Crippen LogP contribution in [0, 0.1) is 20.8 Å². The zero-order valence-electron chi connectivity index (χ0n) is 15.1. The van der Waals surface area contributed by atoms with E-state index in [1.165, 1.54) is 19.1 Å². The minimum Gasteiger partial charge on any atom is -0.322 e. The SMILES string of the molecule is Cc1ccc(NC(=O)c2c(C)nn(-c3ccccc3)c2C)cc1C(F)(F)F. The standard InChI is InChI=1S/C20H18F3N3O/c1-12-9-10-15(11-17(12)20(21,22)23)24-19(27)18-13(2)25-26(14(18)3)16-7-5-4-6-8-16/h4-11H,1-3H3,(H,24,27). The first-order chi connectivity index (χ1) is 12.7. The van der Waals surface area contributed by atoms with Gasteiger partial charge in [-0.1, -0.05) is 24.3 Å². The fraction of sp³-hybridized carbons (Fsp3) is 0.200. The molecule has 0 saturated carbocycles. The van der Waals surface area contributed by atoms with Crippen LogP contribution in [0.15, 0.2) is 48.5 Å². The molecule has 0 atom stereocenters. The summed E-state index contributed by atoms with van der Waals surface area (Å²) in [7, 11) is 0. The number of rotatable bonds is 3. The Morgan fingerprint density at radius 1 is 1.04 bits per heavy atom. The molecule has 140 valence electrons. The molecule has 0 aliphatic carbocycles. The monoisotopic (exact) mass is 373 g/mol. The summed E-state index contributed by atoms with van der Waals surface area (Å²) in [6.07, 6.45) is -4.48. The lowest BCUT2D eigenvalue weighted by molar-refractivity contribution is -0.138. The first-order valence-electron chi connectivity index (χ1n) is 8.29. The van der Waals surface area contributed by atoms with E-state index in [2.05, 4.69) is 10.4 Å². The first kappa shape index (κ1) is 18.7. The third kappa shape index (κ3) is 3.72. The fourth-order valence-electron chi connectivity index (χ4n) is 2.99. The van der Waals surface area contributed by atoms with E-state index in [0.29, 0.717) is 17.0 Å². The van der Waals surface area contributed by atoms with Crippen molar-refractivity contribution in [3.63, 3.8) is 0 Å². The number of para-hydroxylation sites is 1. The molecule has 1 aromatic heterocycles. The van der Waals surface area contributed by atoms with E-state index in [9.17, 15) is 18.0 Å². The molecule has 0 unspecified atom stereocenters. The van der Waals surface area contributed by atoms with Gasteiger partial charge in [0, 0.05) is 5.69 Å². The second-order valence-corrected chi connectivity index (χ2v) is 6.27. The van der Waals surface area contributed by atoms with Crippen molar-refractivity contribution in [3.05, 3.63) is 76.6 Å². The van der Waals surface area contributed by atoms with Gasteiger partial charge in [0.25, 0.3) is 5.91 Å². The van der Waals surface area contributed by atoms with Crippen LogP contribution in [0.2, 0.25) is 0 Å². The Labute approximate surface area is 154 Å². The minimum absolute atomic E-state index is 0.0872. The Kier molecular flexibility index (Phi) is 4.78. The fourth-order valence-corrected chi connectivity index (χ4v) is 2.99. The predicted octanol–water partition coefficient (Wildman–Crippen LogP) is 5.07. The molecule has 0 bridgehead atoms. The van der Waals surface area contributed by atoms with Crippen LogP contribution in [0.3, 0.4) is 0 Å². The van der Waals surface area contributed by atoms with Crippen LogP contribution in [0.25, 0.3) is 5.69 Å². The highest BCUT2D eigenvalue weighted by atomic mass is 19.4. The van der Waals surface area contributed by atoms with Gasteiger partial charge < -0.3 is 5.32 Å². The number of halogens is 3. The summed E-state index contributed by atoms with van der Waals surface area (Å²) >= 11 is 0. The van der Waals surface area contributed by atoms with Gasteiger partial charge in [-0.2, -0.15) is 18.3 Å². The van der Waals surface area contributed by atoms with E-state index >= 15 is 0 Å². The van der Waals surface area contributed by atoms with Crippen molar-refractivity contribution < 1.29 is 18.0 Å². The molecular formula is C20H18F3N3O. The van der Waals surface area contributed by atoms with Crippen LogP contribution < -0.4 is 5.32 Å². The van der Waals surface area contributed by atoms with Crippen molar-refractivity contribution in [2.45, 2.75) is 26.9 Å². The Morgan fingerprint density at radius 2 is 1.70 bits per heavy atom. The number of amides is 1. The summed E-state index contributed by atoms with van der Waals surface area (Å²) < 4.78 is 40.9. The topological polar surface area (TPSA) is 46.9 Å². The number of carbonyl (C=O) groups excluding carboxylic acids is 1. The van der Waals surface area contributed by atoms with Gasteiger partial charge in [0.15, 0.2) is 0 Å². The lowest BCUT2D eigenvalue weighted by Crippen LogP contribution is -2.15. The van der Waals surface area contributed by atoms with Crippen LogP contribution in [0.1, 0.15) is 32.9 Å². The molecule has 0 aliphatic rings. The molecule has 27 heavy (non-hydrogen) atoms. The Bertz CT molecular complexity index is 992. The van der Waals surface area contributed by atoms with Gasteiger partial charge in [0.1, 0.15) is 0 Å². The van der Waals surface area contributed by atoms with Crippen molar-refractivity contribution in [3.8, 4) is 5.69 Å². The van der Waals surface area contributed by atoms with Crippen molar-refractivity contribution in [1.29, 1.82) is 0 Å². The third-order valence-electron chi connectivity index (χ3n) is 4.32. The van der Waals surface area contributed by atoms with Crippen molar-refractivity contribution in [1.82, 2.24) is 9.78 Å². The molecule has 0 fully saturated rings. The lowest BCUT2D eigenvalue weighted by atomic mass is 10.1. The average Bonchev–Trinajstić information content (AvgIpc) is 2.91. The zero-order chi connectivity index (χ0) is 19.8. The van der Waals surface area contributed by atoms with E-state index < -0.39 is 17.6 Å². The number of anilines is 1. The van der Waals surface area contributed by atoms with E-state index in [1.807, 2.05) is 30.3 Å². The number of hydrogen-bond donors (Lipinski definition) is 1. The largest absolute Gasteiger partial charge is 0.416 e. The number of aromatic nitrogens is 2. The highest BCUT2D eigenvalue weighted by Gasteiger charge is 2.32. The summed E-state index contributed by atoms with van der Waals surface area (Å²) in [5.41, 5.74) is 1.67.